The van der Waals surface area contributed by atoms with E-state index in [1.165, 1.54) is 0 Å². The lowest BCUT2D eigenvalue weighted by Crippen LogP contribution is -2.16. The van der Waals surface area contributed by atoms with Crippen LogP contribution in [0.25, 0.3) is 11.4 Å². The highest BCUT2D eigenvalue weighted by atomic mass is 16.5. The van der Waals surface area contributed by atoms with Gasteiger partial charge >= 0.3 is 0 Å². The molecule has 3 heterocycles. The van der Waals surface area contributed by atoms with E-state index >= 15 is 0 Å². The summed E-state index contributed by atoms with van der Waals surface area (Å²) in [4.78, 5) is 8.48. The average molecular weight is 230 g/mol. The molecule has 1 aliphatic heterocycles. The highest BCUT2D eigenvalue weighted by molar-refractivity contribution is 5.51. The standard InChI is InChI=1S/C12H14N4O/c1-8-4-6-14-10(8)12-15-11(16-17-12)9-3-2-5-13-7-9/h2-3,5,7-8,10,14H,4,6H2,1H3. The van der Waals surface area contributed by atoms with E-state index in [0.717, 1.165) is 18.5 Å². The van der Waals surface area contributed by atoms with Crippen molar-refractivity contribution in [2.75, 3.05) is 6.54 Å². The first-order valence-electron chi connectivity index (χ1n) is 5.82. The quantitative estimate of drug-likeness (QED) is 0.852. The first-order valence-corrected chi connectivity index (χ1v) is 5.82. The third-order valence-electron chi connectivity index (χ3n) is 3.16. The number of nitrogens with zero attached hydrogens (tertiary/aromatic N) is 3. The summed E-state index contributed by atoms with van der Waals surface area (Å²) in [6.07, 6.45) is 4.61. The Balaban J connectivity index is 1.88. The van der Waals surface area contributed by atoms with Gasteiger partial charge in [-0.15, -0.1) is 0 Å². The van der Waals surface area contributed by atoms with Crippen LogP contribution in [0.5, 0.6) is 0 Å². The molecule has 0 aliphatic carbocycles. The Kier molecular flexibility index (Phi) is 2.60. The molecular weight excluding hydrogens is 216 g/mol. The lowest BCUT2D eigenvalue weighted by Gasteiger charge is -2.09. The molecule has 17 heavy (non-hydrogen) atoms. The molecule has 0 saturated carbocycles. The Labute approximate surface area is 99.3 Å². The maximum atomic E-state index is 5.32. The Morgan fingerprint density at radius 2 is 2.41 bits per heavy atom. The molecule has 0 aromatic carbocycles. The molecular formula is C12H14N4O. The van der Waals surface area contributed by atoms with Crippen molar-refractivity contribution >= 4 is 0 Å². The molecule has 1 fully saturated rings. The van der Waals surface area contributed by atoms with Crippen molar-refractivity contribution in [1.82, 2.24) is 20.4 Å². The van der Waals surface area contributed by atoms with Crippen LogP contribution < -0.4 is 5.32 Å². The fourth-order valence-corrected chi connectivity index (χ4v) is 2.14. The summed E-state index contributed by atoms with van der Waals surface area (Å²) in [6.45, 7) is 3.20. The molecule has 88 valence electrons. The molecule has 1 N–H and O–H groups in total. The molecule has 5 heteroatoms. The van der Waals surface area contributed by atoms with Gasteiger partial charge in [-0.25, -0.2) is 0 Å². The molecule has 0 amide bonds. The van der Waals surface area contributed by atoms with Crippen LogP contribution >= 0.6 is 0 Å². The van der Waals surface area contributed by atoms with Gasteiger partial charge < -0.3 is 9.84 Å². The normalized spacial score (nSPS) is 24.1. The summed E-state index contributed by atoms with van der Waals surface area (Å²) in [6, 6.07) is 3.97. The van der Waals surface area contributed by atoms with E-state index in [1.54, 1.807) is 12.4 Å². The second kappa shape index (κ2) is 4.25. The minimum atomic E-state index is 0.188. The predicted octanol–water partition coefficient (Wildman–Crippen LogP) is 1.80. The molecule has 5 nitrogen and oxygen atoms in total. The number of nitrogens with one attached hydrogen (secondary N) is 1. The van der Waals surface area contributed by atoms with E-state index < -0.39 is 0 Å². The van der Waals surface area contributed by atoms with Crippen LogP contribution in [0, 0.1) is 5.92 Å². The first kappa shape index (κ1) is 10.4. The first-order chi connectivity index (χ1) is 8.34. The molecule has 2 aromatic heterocycles. The summed E-state index contributed by atoms with van der Waals surface area (Å²) >= 11 is 0. The second-order valence-corrected chi connectivity index (χ2v) is 4.40. The predicted molar refractivity (Wildman–Crippen MR) is 62.1 cm³/mol. The van der Waals surface area contributed by atoms with Crippen LogP contribution in [0.4, 0.5) is 0 Å². The van der Waals surface area contributed by atoms with Crippen LogP contribution in [-0.2, 0) is 0 Å². The molecule has 2 aromatic rings. The number of hydrogen-bond acceptors (Lipinski definition) is 5. The van der Waals surface area contributed by atoms with E-state index in [9.17, 15) is 0 Å². The molecule has 0 spiro atoms. The maximum Gasteiger partial charge on any atom is 0.244 e. The van der Waals surface area contributed by atoms with Crippen LogP contribution in [0.2, 0.25) is 0 Å². The largest absolute Gasteiger partial charge is 0.337 e. The van der Waals surface area contributed by atoms with Gasteiger partial charge in [-0.05, 0) is 31.0 Å². The topological polar surface area (TPSA) is 63.8 Å². The smallest absolute Gasteiger partial charge is 0.244 e. The minimum Gasteiger partial charge on any atom is -0.337 e. The highest BCUT2D eigenvalue weighted by Crippen LogP contribution is 2.28. The van der Waals surface area contributed by atoms with Crippen LogP contribution in [0.1, 0.15) is 25.3 Å². The van der Waals surface area contributed by atoms with Gasteiger partial charge in [-0.3, -0.25) is 4.98 Å². The van der Waals surface area contributed by atoms with Crippen molar-refractivity contribution in [2.45, 2.75) is 19.4 Å². The summed E-state index contributed by atoms with van der Waals surface area (Å²) in [5.74, 6) is 1.82. The van der Waals surface area contributed by atoms with Crippen molar-refractivity contribution in [1.29, 1.82) is 0 Å². The number of hydrogen-bond donors (Lipinski definition) is 1. The van der Waals surface area contributed by atoms with E-state index in [2.05, 4.69) is 27.4 Å². The van der Waals surface area contributed by atoms with Gasteiger partial charge in [0.2, 0.25) is 11.7 Å². The van der Waals surface area contributed by atoms with Gasteiger partial charge in [-0.2, -0.15) is 4.98 Å². The SMILES string of the molecule is CC1CCNC1c1nc(-c2cccnc2)no1. The van der Waals surface area contributed by atoms with Crippen molar-refractivity contribution in [3.8, 4) is 11.4 Å². The maximum absolute atomic E-state index is 5.32. The van der Waals surface area contributed by atoms with E-state index in [0.29, 0.717) is 17.6 Å². The third-order valence-corrected chi connectivity index (χ3v) is 3.16. The number of aromatic nitrogens is 3. The molecule has 0 bridgehead atoms. The third kappa shape index (κ3) is 1.93. The molecule has 0 radical (unpaired) electrons. The van der Waals surface area contributed by atoms with E-state index in [-0.39, 0.29) is 6.04 Å². The van der Waals surface area contributed by atoms with Gasteiger partial charge in [0.05, 0.1) is 6.04 Å². The Morgan fingerprint density at radius 3 is 3.12 bits per heavy atom. The molecule has 3 rings (SSSR count). The monoisotopic (exact) mass is 230 g/mol. The highest BCUT2D eigenvalue weighted by Gasteiger charge is 2.29. The van der Waals surface area contributed by atoms with E-state index in [1.807, 2.05) is 12.1 Å². The van der Waals surface area contributed by atoms with Gasteiger partial charge in [0.1, 0.15) is 0 Å². The van der Waals surface area contributed by atoms with Gasteiger partial charge in [0, 0.05) is 18.0 Å². The average Bonchev–Trinajstić information content (AvgIpc) is 2.98. The molecule has 2 unspecified atom stereocenters. The van der Waals surface area contributed by atoms with E-state index in [4.69, 9.17) is 4.52 Å². The fourth-order valence-electron chi connectivity index (χ4n) is 2.14. The van der Waals surface area contributed by atoms with Crippen LogP contribution in [0.15, 0.2) is 29.0 Å². The van der Waals surface area contributed by atoms with Crippen molar-refractivity contribution in [3.05, 3.63) is 30.4 Å². The lowest BCUT2D eigenvalue weighted by atomic mass is 10.0. The number of rotatable bonds is 2. The second-order valence-electron chi connectivity index (χ2n) is 4.40. The van der Waals surface area contributed by atoms with Crippen molar-refractivity contribution in [2.24, 2.45) is 5.92 Å². The molecule has 2 atom stereocenters. The van der Waals surface area contributed by atoms with Gasteiger partial charge in [-0.1, -0.05) is 12.1 Å². The van der Waals surface area contributed by atoms with Crippen LogP contribution in [0.3, 0.4) is 0 Å². The van der Waals surface area contributed by atoms with Crippen molar-refractivity contribution in [3.63, 3.8) is 0 Å². The Hall–Kier alpha value is -1.75. The Morgan fingerprint density at radius 1 is 1.47 bits per heavy atom. The molecule has 1 aliphatic rings. The van der Waals surface area contributed by atoms with Gasteiger partial charge in [0.15, 0.2) is 0 Å². The Bertz CT molecular complexity index is 496. The minimum absolute atomic E-state index is 0.188. The summed E-state index contributed by atoms with van der Waals surface area (Å²) in [5, 5.41) is 7.37. The lowest BCUT2D eigenvalue weighted by molar-refractivity contribution is 0.319. The van der Waals surface area contributed by atoms with Gasteiger partial charge in [0.25, 0.3) is 0 Å². The zero-order valence-corrected chi connectivity index (χ0v) is 9.63. The van der Waals surface area contributed by atoms with Crippen LogP contribution in [-0.4, -0.2) is 21.7 Å². The molecule has 1 saturated heterocycles. The zero-order valence-electron chi connectivity index (χ0n) is 9.63. The summed E-state index contributed by atoms with van der Waals surface area (Å²) < 4.78 is 5.32. The number of pyridine rings is 1. The fraction of sp³-hybridized carbons (Fsp3) is 0.417. The zero-order chi connectivity index (χ0) is 11.7. The van der Waals surface area contributed by atoms with Crippen molar-refractivity contribution < 1.29 is 4.52 Å². The summed E-state index contributed by atoms with van der Waals surface area (Å²) in [7, 11) is 0. The summed E-state index contributed by atoms with van der Waals surface area (Å²) in [5.41, 5.74) is 0.883.